The van der Waals surface area contributed by atoms with Crippen LogP contribution in [0, 0.1) is 12.3 Å². The van der Waals surface area contributed by atoms with Crippen LogP contribution in [-0.2, 0) is 4.74 Å². The number of urea groups is 1. The van der Waals surface area contributed by atoms with E-state index in [1.807, 2.05) is 13.8 Å². The number of amides is 3. The van der Waals surface area contributed by atoms with Crippen LogP contribution in [0.4, 0.5) is 27.9 Å². The average molecular weight is 888 g/mol. The van der Waals surface area contributed by atoms with Gasteiger partial charge >= 0.3 is 6.03 Å². The third-order valence-electron chi connectivity index (χ3n) is 7.04. The maximum atomic E-state index is 12.9. The molecule has 5 N–H and O–H groups in total. The second kappa shape index (κ2) is 17.4. The summed E-state index contributed by atoms with van der Waals surface area (Å²) in [6.45, 7) is 8.30. The number of carbonyl (C=O) groups excluding carboxylic acids is 2. The van der Waals surface area contributed by atoms with Crippen LogP contribution in [0.2, 0.25) is 10.0 Å². The Hall–Kier alpha value is -3.97. The van der Waals surface area contributed by atoms with Gasteiger partial charge < -0.3 is 25.4 Å². The number of nitrogens with one attached hydrogen (secondary N) is 5. The number of H-pyrrole nitrogens is 1. The van der Waals surface area contributed by atoms with Crippen molar-refractivity contribution in [2.45, 2.75) is 19.8 Å². The molecule has 2 aromatic carbocycles. The maximum absolute atomic E-state index is 12.9. The molecule has 1 saturated heterocycles. The van der Waals surface area contributed by atoms with Gasteiger partial charge in [-0.05, 0) is 36.2 Å². The molecule has 16 heteroatoms. The molecule has 1 aliphatic heterocycles. The van der Waals surface area contributed by atoms with E-state index in [4.69, 9.17) is 39.1 Å². The van der Waals surface area contributed by atoms with Crippen LogP contribution >= 0.6 is 23.2 Å². The first kappa shape index (κ1) is 36.9. The number of halogens is 2. The zero-order chi connectivity index (χ0) is 33.3. The minimum absolute atomic E-state index is 0. The number of carbonyl (C=O) groups is 2. The second-order valence-corrected chi connectivity index (χ2v) is 11.5. The topological polar surface area (TPSA) is 158 Å². The fourth-order valence-electron chi connectivity index (χ4n) is 4.54. The van der Waals surface area contributed by atoms with Crippen LogP contribution in [0.5, 0.6) is 11.6 Å². The molecule has 0 spiro atoms. The van der Waals surface area contributed by atoms with Crippen molar-refractivity contribution in [3.8, 4) is 24.0 Å². The van der Waals surface area contributed by atoms with Gasteiger partial charge in [0.2, 0.25) is 11.8 Å². The van der Waals surface area contributed by atoms with Crippen LogP contribution < -0.4 is 26.0 Å². The van der Waals surface area contributed by atoms with E-state index in [2.05, 4.69) is 52.3 Å². The van der Waals surface area contributed by atoms with Crippen molar-refractivity contribution >= 4 is 84.8 Å². The largest absolute Gasteiger partial charge is 0.437 e. The average Bonchev–Trinajstić information content (AvgIpc) is 3.54. The minimum atomic E-state index is -0.549. The summed E-state index contributed by atoms with van der Waals surface area (Å²) < 4.78 is 11.3. The van der Waals surface area contributed by atoms with Gasteiger partial charge in [0.1, 0.15) is 10.8 Å². The van der Waals surface area contributed by atoms with Crippen LogP contribution in [0.15, 0.2) is 48.7 Å². The van der Waals surface area contributed by atoms with Crippen molar-refractivity contribution in [3.05, 3.63) is 75.5 Å². The summed E-state index contributed by atoms with van der Waals surface area (Å²) in [6, 6.07) is 10.8. The number of hydrogen-bond acceptors (Lipinski definition) is 9. The molecule has 4 aromatic rings. The van der Waals surface area contributed by atoms with E-state index in [1.165, 1.54) is 12.3 Å². The van der Waals surface area contributed by atoms with E-state index in [-0.39, 0.29) is 71.7 Å². The van der Waals surface area contributed by atoms with Gasteiger partial charge in [-0.3, -0.25) is 20.1 Å². The van der Waals surface area contributed by atoms with Crippen LogP contribution in [0.1, 0.15) is 41.4 Å². The van der Waals surface area contributed by atoms with E-state index in [9.17, 15) is 9.59 Å². The molecule has 13 nitrogen and oxygen atoms in total. The molecule has 0 unspecified atom stereocenters. The summed E-state index contributed by atoms with van der Waals surface area (Å²) in [7, 11) is 0. The monoisotopic (exact) mass is 886 g/mol. The van der Waals surface area contributed by atoms with Crippen LogP contribution in [0.25, 0.3) is 0 Å². The predicted octanol–water partition coefficient (Wildman–Crippen LogP) is 5.47. The number of anilines is 4. The Bertz CT molecular complexity index is 1790. The van der Waals surface area contributed by atoms with E-state index in [0.717, 1.165) is 25.3 Å². The predicted molar refractivity (Wildman–Crippen MR) is 187 cm³/mol. The number of rotatable bonds is 11. The Labute approximate surface area is 307 Å². The normalized spacial score (nSPS) is 12.8. The molecular weight excluding hydrogens is 854 g/mol. The Morgan fingerprint density at radius 2 is 1.90 bits per heavy atom. The molecule has 1 aliphatic rings. The molecular formula is C32H33Cl2N9O4Po. The van der Waals surface area contributed by atoms with E-state index < -0.39 is 6.03 Å². The molecule has 250 valence electrons. The van der Waals surface area contributed by atoms with Crippen molar-refractivity contribution in [1.29, 1.82) is 0 Å². The van der Waals surface area contributed by atoms with Gasteiger partial charge in [0.15, 0.2) is 5.82 Å². The standard InChI is InChI=1S/C32H33Cl2N9O4.Po/c1-4-20-15-21(30(44)35-9-10-43-11-13-46-14-12-43)17-22(16-20)37-31-36-8-7-27(40-31)47-25-6-5-23(28(33)29(25)34)38-32(45)39-26-18-24(19(2)3)41-42-26;/h1,5-8,15-19H,9-14H2,2-3H3,(H,35,44)(H,36,37,40)(H3,38,39,41,42,45);. The van der Waals surface area contributed by atoms with E-state index in [0.29, 0.717) is 42.4 Å². The summed E-state index contributed by atoms with van der Waals surface area (Å²) in [5.74, 6) is 3.47. The van der Waals surface area contributed by atoms with E-state index in [1.54, 1.807) is 36.4 Å². The molecule has 0 atom stereocenters. The number of aromatic nitrogens is 4. The Morgan fingerprint density at radius 1 is 1.10 bits per heavy atom. The number of nitrogens with zero attached hydrogens (tertiary/aromatic N) is 4. The molecule has 3 amide bonds. The molecule has 5 rings (SSSR count). The number of benzene rings is 2. The molecule has 1 fully saturated rings. The van der Waals surface area contributed by atoms with Crippen molar-refractivity contribution in [2.24, 2.45) is 0 Å². The second-order valence-electron chi connectivity index (χ2n) is 10.8. The van der Waals surface area contributed by atoms with Gasteiger partial charge in [-0.25, -0.2) is 9.78 Å². The summed E-state index contributed by atoms with van der Waals surface area (Å²) in [5, 5.41) is 18.4. The van der Waals surface area contributed by atoms with Crippen LogP contribution in [0.3, 0.4) is 0 Å². The summed E-state index contributed by atoms with van der Waals surface area (Å²) in [4.78, 5) is 36.3. The van der Waals surface area contributed by atoms with Gasteiger partial charge in [-0.1, -0.05) is 43.0 Å². The third kappa shape index (κ3) is 10.0. The molecule has 0 aliphatic carbocycles. The Morgan fingerprint density at radius 3 is 2.62 bits per heavy atom. The van der Waals surface area contributed by atoms with Crippen LogP contribution in [-0.4, -0.2) is 103 Å². The molecule has 2 radical (unpaired) electrons. The fraction of sp³-hybridized carbons (Fsp3) is 0.281. The minimum Gasteiger partial charge on any atom is -0.437 e. The Kier molecular flexibility index (Phi) is 13.4. The molecule has 0 bridgehead atoms. The van der Waals surface area contributed by atoms with Gasteiger partial charge in [0, 0.05) is 93.6 Å². The number of morpholine rings is 1. The van der Waals surface area contributed by atoms with Crippen molar-refractivity contribution in [2.75, 3.05) is 55.3 Å². The molecule has 3 heterocycles. The molecule has 0 saturated carbocycles. The van der Waals surface area contributed by atoms with E-state index >= 15 is 0 Å². The quantitative estimate of drug-likeness (QED) is 0.123. The number of terminal acetylenes is 1. The zero-order valence-corrected chi connectivity index (χ0v) is 30.8. The molecule has 2 aromatic heterocycles. The van der Waals surface area contributed by atoms with Gasteiger partial charge in [-0.2, -0.15) is 10.1 Å². The zero-order valence-electron chi connectivity index (χ0n) is 26.1. The SMILES string of the molecule is C#Cc1cc(Nc2nccc(Oc3ccc(NC(=O)Nc4cc(C(C)C)[nH]n4)c(Cl)c3Cl)n2)cc(C(=O)NCCN2CCOCC2)c1.[Po]. The summed E-state index contributed by atoms with van der Waals surface area (Å²) in [6.07, 6.45) is 7.15. The first-order valence-electron chi connectivity index (χ1n) is 14.8. The smallest absolute Gasteiger partial charge is 0.324 e. The van der Waals surface area contributed by atoms with Crippen molar-refractivity contribution in [1.82, 2.24) is 30.4 Å². The number of aromatic amines is 1. The summed E-state index contributed by atoms with van der Waals surface area (Å²) in [5.41, 5.74) is 2.57. The number of hydrogen-bond donors (Lipinski definition) is 5. The van der Waals surface area contributed by atoms with Gasteiger partial charge in [0.05, 0.1) is 23.9 Å². The fourth-order valence-corrected chi connectivity index (χ4v) is 4.95. The van der Waals surface area contributed by atoms with Gasteiger partial charge in [-0.15, -0.1) is 6.42 Å². The molecule has 48 heavy (non-hydrogen) atoms. The Balaban J connectivity index is 0.00000520. The van der Waals surface area contributed by atoms with Gasteiger partial charge in [0.25, 0.3) is 5.91 Å². The third-order valence-corrected chi connectivity index (χ3v) is 7.90. The first-order valence-corrected chi connectivity index (χ1v) is 15.5. The first-order chi connectivity index (χ1) is 22.7. The summed E-state index contributed by atoms with van der Waals surface area (Å²) >= 11 is 12.9. The maximum Gasteiger partial charge on any atom is 0.324 e. The van der Waals surface area contributed by atoms with Crippen molar-refractivity contribution < 1.29 is 19.1 Å². The number of ether oxygens (including phenoxy) is 2. The van der Waals surface area contributed by atoms with Crippen molar-refractivity contribution in [3.63, 3.8) is 0 Å².